The van der Waals surface area contributed by atoms with E-state index in [-0.39, 0.29) is 39.6 Å². The van der Waals surface area contributed by atoms with Crippen LogP contribution in [0.2, 0.25) is 10.0 Å². The SMILES string of the molecule is Cc1ccc(C)c(NC(=O)COc2c(Cl)cc(/C=N/NC(=O)c3cccc([N+](=O)[O-])c3)cc2Cl)c1. The predicted molar refractivity (Wildman–Crippen MR) is 135 cm³/mol. The first kappa shape index (κ1) is 25.7. The molecule has 0 bridgehead atoms. The van der Waals surface area contributed by atoms with Crippen LogP contribution in [-0.2, 0) is 4.79 Å². The number of nitrogens with zero attached hydrogens (tertiary/aromatic N) is 2. The van der Waals surface area contributed by atoms with Crippen LogP contribution in [0.25, 0.3) is 0 Å². The molecular formula is C24H20Cl2N4O5. The predicted octanol–water partition coefficient (Wildman–Crippen LogP) is 5.30. The zero-order chi connectivity index (χ0) is 25.5. The molecule has 0 atom stereocenters. The van der Waals surface area contributed by atoms with Crippen molar-refractivity contribution >= 4 is 52.6 Å². The summed E-state index contributed by atoms with van der Waals surface area (Å²) in [5, 5.41) is 17.7. The Morgan fingerprint density at radius 2 is 1.80 bits per heavy atom. The van der Waals surface area contributed by atoms with Crippen molar-refractivity contribution in [1.29, 1.82) is 0 Å². The van der Waals surface area contributed by atoms with Gasteiger partial charge in [-0.15, -0.1) is 0 Å². The Labute approximate surface area is 210 Å². The number of hydrazone groups is 1. The molecule has 0 fully saturated rings. The number of hydrogen-bond acceptors (Lipinski definition) is 6. The largest absolute Gasteiger partial charge is 0.481 e. The van der Waals surface area contributed by atoms with Gasteiger partial charge in [0.05, 0.1) is 21.2 Å². The van der Waals surface area contributed by atoms with Gasteiger partial charge in [-0.3, -0.25) is 19.7 Å². The number of anilines is 1. The number of benzene rings is 3. The van der Waals surface area contributed by atoms with E-state index in [4.69, 9.17) is 27.9 Å². The fourth-order valence-corrected chi connectivity index (χ4v) is 3.59. The fourth-order valence-electron chi connectivity index (χ4n) is 2.98. The van der Waals surface area contributed by atoms with Crippen LogP contribution in [0.5, 0.6) is 5.75 Å². The fraction of sp³-hybridized carbons (Fsp3) is 0.125. The van der Waals surface area contributed by atoms with E-state index in [2.05, 4.69) is 15.8 Å². The number of nitrogens with one attached hydrogen (secondary N) is 2. The van der Waals surface area contributed by atoms with Crippen LogP contribution in [-0.4, -0.2) is 29.6 Å². The summed E-state index contributed by atoms with van der Waals surface area (Å²) in [7, 11) is 0. The quantitative estimate of drug-likeness (QED) is 0.240. The molecule has 35 heavy (non-hydrogen) atoms. The van der Waals surface area contributed by atoms with Crippen LogP contribution in [0.15, 0.2) is 59.7 Å². The van der Waals surface area contributed by atoms with E-state index >= 15 is 0 Å². The van der Waals surface area contributed by atoms with Gasteiger partial charge in [0.25, 0.3) is 17.5 Å². The molecule has 0 aliphatic rings. The molecular weight excluding hydrogens is 495 g/mol. The average molecular weight is 515 g/mol. The van der Waals surface area contributed by atoms with Crippen LogP contribution >= 0.6 is 23.2 Å². The van der Waals surface area contributed by atoms with Crippen molar-refractivity contribution in [3.05, 3.63) is 97.0 Å². The molecule has 180 valence electrons. The van der Waals surface area contributed by atoms with Crippen LogP contribution < -0.4 is 15.5 Å². The molecule has 0 radical (unpaired) electrons. The first-order valence-corrected chi connectivity index (χ1v) is 11.0. The highest BCUT2D eigenvalue weighted by Gasteiger charge is 2.13. The third kappa shape index (κ3) is 7.02. The van der Waals surface area contributed by atoms with Gasteiger partial charge in [0.1, 0.15) is 0 Å². The van der Waals surface area contributed by atoms with Gasteiger partial charge in [-0.25, -0.2) is 5.43 Å². The Kier molecular flexibility index (Phi) is 8.40. The molecule has 2 amide bonds. The number of halogens is 2. The first-order chi connectivity index (χ1) is 16.6. The lowest BCUT2D eigenvalue weighted by atomic mass is 10.1. The molecule has 0 aliphatic carbocycles. The molecule has 0 aliphatic heterocycles. The summed E-state index contributed by atoms with van der Waals surface area (Å²) in [4.78, 5) is 34.7. The van der Waals surface area contributed by atoms with Crippen LogP contribution in [0, 0.1) is 24.0 Å². The van der Waals surface area contributed by atoms with Crippen molar-refractivity contribution in [2.75, 3.05) is 11.9 Å². The molecule has 9 nitrogen and oxygen atoms in total. The van der Waals surface area contributed by atoms with E-state index in [0.717, 1.165) is 17.2 Å². The summed E-state index contributed by atoms with van der Waals surface area (Å²) in [6, 6.07) is 14.0. The van der Waals surface area contributed by atoms with E-state index in [1.165, 1.54) is 36.5 Å². The Hall–Kier alpha value is -3.95. The number of nitro groups is 1. The third-order valence-electron chi connectivity index (χ3n) is 4.73. The topological polar surface area (TPSA) is 123 Å². The van der Waals surface area contributed by atoms with Gasteiger partial charge in [-0.05, 0) is 54.8 Å². The van der Waals surface area contributed by atoms with Crippen LogP contribution in [0.4, 0.5) is 11.4 Å². The lowest BCUT2D eigenvalue weighted by Crippen LogP contribution is -2.21. The van der Waals surface area contributed by atoms with Crippen molar-refractivity contribution in [3.63, 3.8) is 0 Å². The molecule has 0 unspecified atom stereocenters. The number of carbonyl (C=O) groups excluding carboxylic acids is 2. The standard InChI is InChI=1S/C24H20Cl2N4O5/c1-14-6-7-15(2)21(8-14)28-22(31)13-35-23-19(25)9-16(10-20(23)26)12-27-29-24(32)17-4-3-5-18(11-17)30(33)34/h3-12H,13H2,1-2H3,(H,28,31)(H,29,32)/b27-12+. The Morgan fingerprint density at radius 1 is 1.09 bits per heavy atom. The summed E-state index contributed by atoms with van der Waals surface area (Å²) in [5.41, 5.74) is 5.21. The Bertz CT molecular complexity index is 1300. The maximum Gasteiger partial charge on any atom is 0.271 e. The van der Waals surface area contributed by atoms with Gasteiger partial charge in [0.2, 0.25) is 0 Å². The number of nitro benzene ring substituents is 1. The van der Waals surface area contributed by atoms with Crippen molar-refractivity contribution < 1.29 is 19.2 Å². The molecule has 0 spiro atoms. The lowest BCUT2D eigenvalue weighted by Gasteiger charge is -2.12. The molecule has 0 saturated carbocycles. The molecule has 2 N–H and O–H groups in total. The van der Waals surface area contributed by atoms with Gasteiger partial charge in [0, 0.05) is 23.4 Å². The maximum absolute atomic E-state index is 12.3. The molecule has 3 aromatic carbocycles. The lowest BCUT2D eigenvalue weighted by molar-refractivity contribution is -0.384. The highest BCUT2D eigenvalue weighted by molar-refractivity contribution is 6.37. The second-order valence-electron chi connectivity index (χ2n) is 7.48. The highest BCUT2D eigenvalue weighted by atomic mass is 35.5. The third-order valence-corrected chi connectivity index (χ3v) is 5.30. The minimum atomic E-state index is -0.628. The van der Waals surface area contributed by atoms with Crippen molar-refractivity contribution in [1.82, 2.24) is 5.43 Å². The molecule has 0 heterocycles. The number of ether oxygens (including phenoxy) is 1. The molecule has 11 heteroatoms. The number of carbonyl (C=O) groups is 2. The summed E-state index contributed by atoms with van der Waals surface area (Å²) in [6.45, 7) is 3.50. The zero-order valence-electron chi connectivity index (χ0n) is 18.7. The summed E-state index contributed by atoms with van der Waals surface area (Å²) in [6.07, 6.45) is 1.30. The Balaban J connectivity index is 1.61. The van der Waals surface area contributed by atoms with Gasteiger partial charge >= 0.3 is 0 Å². The highest BCUT2D eigenvalue weighted by Crippen LogP contribution is 2.34. The van der Waals surface area contributed by atoms with Crippen LogP contribution in [0.1, 0.15) is 27.0 Å². The second kappa shape index (κ2) is 11.5. The van der Waals surface area contributed by atoms with E-state index in [1.807, 2.05) is 32.0 Å². The number of amides is 2. The number of aryl methyl sites for hydroxylation is 2. The normalized spacial score (nSPS) is 10.7. The van der Waals surface area contributed by atoms with Crippen molar-refractivity contribution in [3.8, 4) is 5.75 Å². The molecule has 0 saturated heterocycles. The molecule has 3 aromatic rings. The van der Waals surface area contributed by atoms with E-state index in [1.54, 1.807) is 0 Å². The van der Waals surface area contributed by atoms with E-state index in [0.29, 0.717) is 11.3 Å². The zero-order valence-corrected chi connectivity index (χ0v) is 20.2. The van der Waals surface area contributed by atoms with Crippen molar-refractivity contribution in [2.24, 2.45) is 5.10 Å². The summed E-state index contributed by atoms with van der Waals surface area (Å²) in [5.74, 6) is -0.875. The maximum atomic E-state index is 12.3. The molecule has 0 aromatic heterocycles. The summed E-state index contributed by atoms with van der Waals surface area (Å²) >= 11 is 12.5. The monoisotopic (exact) mass is 514 g/mol. The minimum absolute atomic E-state index is 0.0790. The van der Waals surface area contributed by atoms with E-state index < -0.39 is 10.8 Å². The molecule has 3 rings (SSSR count). The minimum Gasteiger partial charge on any atom is -0.481 e. The smallest absolute Gasteiger partial charge is 0.271 e. The van der Waals surface area contributed by atoms with Crippen LogP contribution in [0.3, 0.4) is 0 Å². The van der Waals surface area contributed by atoms with Crippen molar-refractivity contribution in [2.45, 2.75) is 13.8 Å². The van der Waals surface area contributed by atoms with Gasteiger partial charge in [-0.2, -0.15) is 5.10 Å². The summed E-state index contributed by atoms with van der Waals surface area (Å²) < 4.78 is 5.51. The number of non-ortho nitro benzene ring substituents is 1. The van der Waals surface area contributed by atoms with E-state index in [9.17, 15) is 19.7 Å². The van der Waals surface area contributed by atoms with Gasteiger partial charge < -0.3 is 10.1 Å². The second-order valence-corrected chi connectivity index (χ2v) is 8.29. The van der Waals surface area contributed by atoms with Gasteiger partial charge in [0.15, 0.2) is 12.4 Å². The number of hydrogen-bond donors (Lipinski definition) is 2. The average Bonchev–Trinajstić information content (AvgIpc) is 2.81. The first-order valence-electron chi connectivity index (χ1n) is 10.2. The number of rotatable bonds is 8. The Morgan fingerprint density at radius 3 is 2.49 bits per heavy atom. The van der Waals surface area contributed by atoms with Gasteiger partial charge in [-0.1, -0.05) is 41.4 Å².